The van der Waals surface area contributed by atoms with Crippen molar-refractivity contribution in [3.63, 3.8) is 0 Å². The Bertz CT molecular complexity index is 758. The van der Waals surface area contributed by atoms with Gasteiger partial charge in [0.25, 0.3) is 0 Å². The second-order valence-corrected chi connectivity index (χ2v) is 7.88. The molecule has 2 aromatic rings. The zero-order chi connectivity index (χ0) is 19.9. The number of nitrogens with one attached hydrogen (secondary N) is 1. The van der Waals surface area contributed by atoms with Crippen molar-refractivity contribution < 1.29 is 19.1 Å². The molecule has 144 valence electrons. The van der Waals surface area contributed by atoms with E-state index in [2.05, 4.69) is 26.2 Å². The first-order valence-corrected chi connectivity index (χ1v) is 9.33. The van der Waals surface area contributed by atoms with Crippen molar-refractivity contribution in [3.8, 4) is 0 Å². The highest BCUT2D eigenvalue weighted by Crippen LogP contribution is 2.12. The SMILES string of the molecule is CC(C)(C)OC(=O)N[C@@H](Cc1ccc(Br)cn1)C(=O)OCc1ccccc1. The molecule has 0 aliphatic carbocycles. The summed E-state index contributed by atoms with van der Waals surface area (Å²) in [6.45, 7) is 5.39. The van der Waals surface area contributed by atoms with Crippen LogP contribution in [0.3, 0.4) is 0 Å². The van der Waals surface area contributed by atoms with Crippen LogP contribution in [0.5, 0.6) is 0 Å². The average molecular weight is 435 g/mol. The molecule has 0 aliphatic heterocycles. The number of ether oxygens (including phenoxy) is 2. The molecule has 0 saturated heterocycles. The van der Waals surface area contributed by atoms with E-state index in [1.807, 2.05) is 36.4 Å². The van der Waals surface area contributed by atoms with Gasteiger partial charge in [0.05, 0.1) is 0 Å². The normalized spacial score (nSPS) is 12.1. The summed E-state index contributed by atoms with van der Waals surface area (Å²) >= 11 is 3.32. The summed E-state index contributed by atoms with van der Waals surface area (Å²) in [5, 5.41) is 2.59. The summed E-state index contributed by atoms with van der Waals surface area (Å²) in [7, 11) is 0. The lowest BCUT2D eigenvalue weighted by Gasteiger charge is -2.23. The highest BCUT2D eigenvalue weighted by molar-refractivity contribution is 9.10. The van der Waals surface area contributed by atoms with E-state index in [1.54, 1.807) is 33.0 Å². The van der Waals surface area contributed by atoms with Crippen LogP contribution >= 0.6 is 15.9 Å². The molecule has 1 atom stereocenters. The van der Waals surface area contributed by atoms with Crippen LogP contribution in [0.15, 0.2) is 53.1 Å². The van der Waals surface area contributed by atoms with Crippen molar-refractivity contribution in [2.75, 3.05) is 0 Å². The van der Waals surface area contributed by atoms with E-state index >= 15 is 0 Å². The largest absolute Gasteiger partial charge is 0.459 e. The van der Waals surface area contributed by atoms with Crippen molar-refractivity contribution in [2.45, 2.75) is 45.4 Å². The van der Waals surface area contributed by atoms with Crippen LogP contribution in [0, 0.1) is 0 Å². The number of benzene rings is 1. The van der Waals surface area contributed by atoms with Gasteiger partial charge >= 0.3 is 12.1 Å². The molecular weight excluding hydrogens is 412 g/mol. The minimum atomic E-state index is -0.905. The Morgan fingerprint density at radius 3 is 2.44 bits per heavy atom. The molecule has 1 aromatic heterocycles. The van der Waals surface area contributed by atoms with E-state index in [9.17, 15) is 9.59 Å². The molecule has 1 amide bonds. The van der Waals surface area contributed by atoms with Crippen LogP contribution in [-0.4, -0.2) is 28.7 Å². The number of nitrogens with zero attached hydrogens (tertiary/aromatic N) is 1. The molecule has 0 saturated carbocycles. The van der Waals surface area contributed by atoms with Gasteiger partial charge in [-0.3, -0.25) is 4.98 Å². The van der Waals surface area contributed by atoms with Crippen LogP contribution < -0.4 is 5.32 Å². The number of carbonyl (C=O) groups excluding carboxylic acids is 2. The van der Waals surface area contributed by atoms with Gasteiger partial charge in [0.2, 0.25) is 0 Å². The van der Waals surface area contributed by atoms with Crippen LogP contribution in [0.25, 0.3) is 0 Å². The Kier molecular flexibility index (Phi) is 7.36. The zero-order valence-corrected chi connectivity index (χ0v) is 17.2. The Hall–Kier alpha value is -2.41. The predicted molar refractivity (Wildman–Crippen MR) is 105 cm³/mol. The molecule has 1 aromatic carbocycles. The highest BCUT2D eigenvalue weighted by atomic mass is 79.9. The number of alkyl carbamates (subject to hydrolysis) is 1. The Morgan fingerprint density at radius 1 is 1.15 bits per heavy atom. The zero-order valence-electron chi connectivity index (χ0n) is 15.6. The minimum absolute atomic E-state index is 0.125. The molecule has 0 radical (unpaired) electrons. The monoisotopic (exact) mass is 434 g/mol. The van der Waals surface area contributed by atoms with Crippen LogP contribution in [-0.2, 0) is 27.3 Å². The quantitative estimate of drug-likeness (QED) is 0.694. The number of rotatable bonds is 6. The highest BCUT2D eigenvalue weighted by Gasteiger charge is 2.26. The lowest BCUT2D eigenvalue weighted by molar-refractivity contribution is -0.147. The number of amides is 1. The molecule has 0 unspecified atom stereocenters. The standard InChI is InChI=1S/C20H23BrN2O4/c1-20(2,3)27-19(25)23-17(11-16-10-9-15(21)12-22-16)18(24)26-13-14-7-5-4-6-8-14/h4-10,12,17H,11,13H2,1-3H3,(H,23,25)/t17-/m0/s1. The van der Waals surface area contributed by atoms with Crippen molar-refractivity contribution in [2.24, 2.45) is 0 Å². The Labute approximate surface area is 167 Å². The fourth-order valence-corrected chi connectivity index (χ4v) is 2.44. The molecule has 0 bridgehead atoms. The molecule has 7 heteroatoms. The summed E-state index contributed by atoms with van der Waals surface area (Å²) in [5.74, 6) is -0.547. The van der Waals surface area contributed by atoms with Crippen molar-refractivity contribution in [1.82, 2.24) is 10.3 Å². The maximum Gasteiger partial charge on any atom is 0.408 e. The van der Waals surface area contributed by atoms with Crippen molar-refractivity contribution in [3.05, 3.63) is 64.4 Å². The molecule has 1 N–H and O–H groups in total. The molecule has 27 heavy (non-hydrogen) atoms. The topological polar surface area (TPSA) is 77.5 Å². The van der Waals surface area contributed by atoms with E-state index in [0.29, 0.717) is 5.69 Å². The lowest BCUT2D eigenvalue weighted by atomic mass is 10.1. The third-order valence-electron chi connectivity index (χ3n) is 3.40. The van der Waals surface area contributed by atoms with Gasteiger partial charge in [-0.2, -0.15) is 0 Å². The molecular formula is C20H23BrN2O4. The fourth-order valence-electron chi connectivity index (χ4n) is 2.21. The fraction of sp³-hybridized carbons (Fsp3) is 0.350. The number of esters is 1. The second kappa shape index (κ2) is 9.50. The van der Waals surface area contributed by atoms with Gasteiger partial charge in [-0.15, -0.1) is 0 Å². The Morgan fingerprint density at radius 2 is 1.85 bits per heavy atom. The third kappa shape index (κ3) is 7.78. The first-order valence-electron chi connectivity index (χ1n) is 8.53. The van der Waals surface area contributed by atoms with E-state index in [4.69, 9.17) is 9.47 Å². The van der Waals surface area contributed by atoms with Gasteiger partial charge in [0.15, 0.2) is 0 Å². The predicted octanol–water partition coefficient (Wildman–Crippen LogP) is 4.02. The number of hydrogen-bond donors (Lipinski definition) is 1. The van der Waals surface area contributed by atoms with Gasteiger partial charge < -0.3 is 14.8 Å². The average Bonchev–Trinajstić information content (AvgIpc) is 2.60. The number of carbonyl (C=O) groups is 2. The first kappa shape index (κ1) is 20.9. The summed E-state index contributed by atoms with van der Waals surface area (Å²) in [4.78, 5) is 28.9. The van der Waals surface area contributed by atoms with Crippen LogP contribution in [0.1, 0.15) is 32.0 Å². The maximum atomic E-state index is 12.6. The summed E-state index contributed by atoms with van der Waals surface area (Å²) in [6.07, 6.45) is 1.15. The molecule has 2 rings (SSSR count). The molecule has 0 aliphatic rings. The number of aromatic nitrogens is 1. The van der Waals surface area contributed by atoms with E-state index < -0.39 is 23.7 Å². The summed E-state index contributed by atoms with van der Waals surface area (Å²) in [6, 6.07) is 12.0. The minimum Gasteiger partial charge on any atom is -0.459 e. The van der Waals surface area contributed by atoms with Crippen LogP contribution in [0.4, 0.5) is 4.79 Å². The molecule has 6 nitrogen and oxygen atoms in total. The van der Waals surface area contributed by atoms with Crippen molar-refractivity contribution in [1.29, 1.82) is 0 Å². The van der Waals surface area contributed by atoms with Gasteiger partial charge in [-0.1, -0.05) is 30.3 Å². The molecule has 0 fully saturated rings. The number of halogens is 1. The summed E-state index contributed by atoms with van der Waals surface area (Å²) in [5.41, 5.74) is 0.845. The van der Waals surface area contributed by atoms with Gasteiger partial charge in [-0.25, -0.2) is 9.59 Å². The summed E-state index contributed by atoms with van der Waals surface area (Å²) < 4.78 is 11.5. The Balaban J connectivity index is 2.06. The molecule has 0 spiro atoms. The number of pyridine rings is 1. The second-order valence-electron chi connectivity index (χ2n) is 6.96. The van der Waals surface area contributed by atoms with E-state index in [1.165, 1.54) is 0 Å². The third-order valence-corrected chi connectivity index (χ3v) is 3.87. The lowest BCUT2D eigenvalue weighted by Crippen LogP contribution is -2.45. The van der Waals surface area contributed by atoms with Crippen LogP contribution in [0.2, 0.25) is 0 Å². The smallest absolute Gasteiger partial charge is 0.408 e. The van der Waals surface area contributed by atoms with E-state index in [0.717, 1.165) is 10.0 Å². The van der Waals surface area contributed by atoms with Crippen molar-refractivity contribution >= 4 is 28.0 Å². The van der Waals surface area contributed by atoms with E-state index in [-0.39, 0.29) is 13.0 Å². The van der Waals surface area contributed by atoms with Gasteiger partial charge in [0, 0.05) is 22.8 Å². The van der Waals surface area contributed by atoms with Gasteiger partial charge in [0.1, 0.15) is 18.2 Å². The first-order chi connectivity index (χ1) is 12.7. The molecule has 1 heterocycles. The number of hydrogen-bond acceptors (Lipinski definition) is 5. The maximum absolute atomic E-state index is 12.6. The van der Waals surface area contributed by atoms with Gasteiger partial charge in [-0.05, 0) is 54.4 Å².